The highest BCUT2D eigenvalue weighted by molar-refractivity contribution is 5.77. The lowest BCUT2D eigenvalue weighted by Gasteiger charge is -2.07. The van der Waals surface area contributed by atoms with E-state index in [2.05, 4.69) is 29.8 Å². The Morgan fingerprint density at radius 3 is 2.83 bits per heavy atom. The average Bonchev–Trinajstić information content (AvgIpc) is 2.74. The second kappa shape index (κ2) is 5.87. The van der Waals surface area contributed by atoms with Crippen molar-refractivity contribution in [3.05, 3.63) is 24.0 Å². The van der Waals surface area contributed by atoms with Crippen LogP contribution in [0.3, 0.4) is 0 Å². The molecule has 0 spiro atoms. The molecule has 0 saturated heterocycles. The molecule has 0 fully saturated rings. The Hall–Kier alpha value is -1.55. The van der Waals surface area contributed by atoms with Crippen LogP contribution in [0.5, 0.6) is 5.75 Å². The van der Waals surface area contributed by atoms with Gasteiger partial charge in [-0.25, -0.2) is 4.98 Å². The summed E-state index contributed by atoms with van der Waals surface area (Å²) in [7, 11) is 1.68. The van der Waals surface area contributed by atoms with Gasteiger partial charge in [0, 0.05) is 12.6 Å². The van der Waals surface area contributed by atoms with Gasteiger partial charge in [0.05, 0.1) is 24.7 Å². The molecular weight excluding hydrogens is 226 g/mol. The van der Waals surface area contributed by atoms with Gasteiger partial charge in [-0.3, -0.25) is 0 Å². The maximum absolute atomic E-state index is 5.25. The first-order valence-electron chi connectivity index (χ1n) is 6.54. The Balaban J connectivity index is 2.44. The highest BCUT2D eigenvalue weighted by Gasteiger charge is 2.10. The minimum absolute atomic E-state index is 0.813. The molecule has 1 aromatic heterocycles. The zero-order valence-corrected chi connectivity index (χ0v) is 11.4. The van der Waals surface area contributed by atoms with Gasteiger partial charge in [0.15, 0.2) is 0 Å². The lowest BCUT2D eigenvalue weighted by Crippen LogP contribution is -2.16. The molecule has 0 saturated carbocycles. The molecule has 0 unspecified atom stereocenters. The largest absolute Gasteiger partial charge is 0.497 e. The summed E-state index contributed by atoms with van der Waals surface area (Å²) in [6.45, 7) is 7.07. The van der Waals surface area contributed by atoms with Crippen molar-refractivity contribution in [1.82, 2.24) is 14.9 Å². The summed E-state index contributed by atoms with van der Waals surface area (Å²) < 4.78 is 7.54. The van der Waals surface area contributed by atoms with E-state index in [4.69, 9.17) is 9.72 Å². The number of nitrogens with zero attached hydrogens (tertiary/aromatic N) is 2. The second-order valence-corrected chi connectivity index (χ2v) is 4.31. The van der Waals surface area contributed by atoms with Crippen LogP contribution in [-0.4, -0.2) is 23.2 Å². The third-order valence-electron chi connectivity index (χ3n) is 3.01. The fourth-order valence-corrected chi connectivity index (χ4v) is 2.13. The van der Waals surface area contributed by atoms with Crippen LogP contribution in [0.25, 0.3) is 11.0 Å². The molecule has 0 amide bonds. The molecule has 0 aliphatic carbocycles. The molecule has 0 radical (unpaired) electrons. The van der Waals surface area contributed by atoms with Crippen molar-refractivity contribution >= 4 is 11.0 Å². The molecular formula is C14H21N3O. The van der Waals surface area contributed by atoms with Gasteiger partial charge < -0.3 is 14.6 Å². The van der Waals surface area contributed by atoms with Crippen molar-refractivity contribution in [3.63, 3.8) is 0 Å². The zero-order valence-electron chi connectivity index (χ0n) is 11.4. The lowest BCUT2D eigenvalue weighted by molar-refractivity contribution is 0.415. The van der Waals surface area contributed by atoms with Crippen LogP contribution in [0.15, 0.2) is 18.2 Å². The maximum Gasteiger partial charge on any atom is 0.123 e. The van der Waals surface area contributed by atoms with E-state index < -0.39 is 0 Å². The van der Waals surface area contributed by atoms with Crippen LogP contribution in [0.2, 0.25) is 0 Å². The van der Waals surface area contributed by atoms with E-state index in [1.165, 1.54) is 5.52 Å². The number of aromatic nitrogens is 2. The third-order valence-corrected chi connectivity index (χ3v) is 3.01. The highest BCUT2D eigenvalue weighted by Crippen LogP contribution is 2.22. The van der Waals surface area contributed by atoms with E-state index in [-0.39, 0.29) is 0 Å². The molecule has 0 aliphatic heterocycles. The number of ether oxygens (including phenoxy) is 1. The number of methoxy groups -OCH3 is 1. The first kappa shape index (κ1) is 12.9. The number of hydrogen-bond acceptors (Lipinski definition) is 3. The first-order valence-corrected chi connectivity index (χ1v) is 6.54. The van der Waals surface area contributed by atoms with Gasteiger partial charge in [0.25, 0.3) is 0 Å². The molecule has 18 heavy (non-hydrogen) atoms. The molecule has 0 aliphatic rings. The fraction of sp³-hybridized carbons (Fsp3) is 0.500. The molecule has 1 N–H and O–H groups in total. The number of benzene rings is 1. The quantitative estimate of drug-likeness (QED) is 0.852. The van der Waals surface area contributed by atoms with Gasteiger partial charge in [-0.15, -0.1) is 0 Å². The number of nitrogens with one attached hydrogen (secondary N) is 1. The van der Waals surface area contributed by atoms with Crippen LogP contribution < -0.4 is 10.1 Å². The van der Waals surface area contributed by atoms with Crippen LogP contribution in [0, 0.1) is 0 Å². The number of hydrogen-bond donors (Lipinski definition) is 1. The monoisotopic (exact) mass is 247 g/mol. The number of aryl methyl sites for hydroxylation is 1. The molecule has 4 nitrogen and oxygen atoms in total. The predicted molar refractivity (Wildman–Crippen MR) is 74.0 cm³/mol. The molecule has 1 heterocycles. The van der Waals surface area contributed by atoms with E-state index in [1.54, 1.807) is 7.11 Å². The Kier molecular flexibility index (Phi) is 4.20. The molecule has 2 rings (SSSR count). The van der Waals surface area contributed by atoms with Crippen molar-refractivity contribution in [3.8, 4) is 5.75 Å². The molecule has 0 atom stereocenters. The lowest BCUT2D eigenvalue weighted by atomic mass is 10.3. The minimum atomic E-state index is 0.813. The highest BCUT2D eigenvalue weighted by atomic mass is 16.5. The van der Waals surface area contributed by atoms with Crippen molar-refractivity contribution in [1.29, 1.82) is 0 Å². The van der Waals surface area contributed by atoms with Crippen LogP contribution in [-0.2, 0) is 13.1 Å². The van der Waals surface area contributed by atoms with Crippen LogP contribution in [0.4, 0.5) is 0 Å². The number of rotatable bonds is 6. The second-order valence-electron chi connectivity index (χ2n) is 4.31. The van der Waals surface area contributed by atoms with Gasteiger partial charge >= 0.3 is 0 Å². The molecule has 1 aromatic carbocycles. The Morgan fingerprint density at radius 2 is 2.17 bits per heavy atom. The van der Waals surface area contributed by atoms with Crippen molar-refractivity contribution in [2.24, 2.45) is 0 Å². The van der Waals surface area contributed by atoms with Crippen molar-refractivity contribution < 1.29 is 4.74 Å². The summed E-state index contributed by atoms with van der Waals surface area (Å²) >= 11 is 0. The fourth-order valence-electron chi connectivity index (χ4n) is 2.13. The number of fused-ring (bicyclic) bond motifs is 1. The normalized spacial score (nSPS) is 11.1. The van der Waals surface area contributed by atoms with Gasteiger partial charge in [-0.1, -0.05) is 13.8 Å². The summed E-state index contributed by atoms with van der Waals surface area (Å²) in [6.07, 6.45) is 1.11. The standard InChI is InChI=1S/C14H21N3O/c1-4-8-17-13-7-6-11(18-3)9-12(13)16-14(17)10-15-5-2/h6-7,9,15H,4-5,8,10H2,1-3H3. The van der Waals surface area contributed by atoms with E-state index in [1.807, 2.05) is 12.1 Å². The van der Waals surface area contributed by atoms with E-state index >= 15 is 0 Å². The van der Waals surface area contributed by atoms with Gasteiger partial charge in [0.1, 0.15) is 11.6 Å². The summed E-state index contributed by atoms with van der Waals surface area (Å²) in [4.78, 5) is 4.70. The SMILES string of the molecule is CCCn1c(CNCC)nc2cc(OC)ccc21. The zero-order chi connectivity index (χ0) is 13.0. The van der Waals surface area contributed by atoms with E-state index in [9.17, 15) is 0 Å². The summed E-state index contributed by atoms with van der Waals surface area (Å²) in [6, 6.07) is 6.08. The summed E-state index contributed by atoms with van der Waals surface area (Å²) in [5, 5.41) is 3.34. The van der Waals surface area contributed by atoms with Gasteiger partial charge in [-0.05, 0) is 25.1 Å². The summed E-state index contributed by atoms with van der Waals surface area (Å²) in [5.41, 5.74) is 2.20. The smallest absolute Gasteiger partial charge is 0.123 e. The first-order chi connectivity index (χ1) is 8.80. The minimum Gasteiger partial charge on any atom is -0.497 e. The van der Waals surface area contributed by atoms with Gasteiger partial charge in [0.2, 0.25) is 0 Å². The van der Waals surface area contributed by atoms with Crippen LogP contribution in [0.1, 0.15) is 26.1 Å². The molecule has 4 heteroatoms. The van der Waals surface area contributed by atoms with E-state index in [0.717, 1.165) is 43.1 Å². The molecule has 0 bridgehead atoms. The molecule has 2 aromatic rings. The molecule has 98 valence electrons. The average molecular weight is 247 g/mol. The van der Waals surface area contributed by atoms with E-state index in [0.29, 0.717) is 0 Å². The van der Waals surface area contributed by atoms with Crippen LogP contribution >= 0.6 is 0 Å². The predicted octanol–water partition coefficient (Wildman–Crippen LogP) is 2.56. The van der Waals surface area contributed by atoms with Crippen molar-refractivity contribution in [2.75, 3.05) is 13.7 Å². The van der Waals surface area contributed by atoms with Crippen molar-refractivity contribution in [2.45, 2.75) is 33.4 Å². The topological polar surface area (TPSA) is 39.1 Å². The Labute approximate surface area is 108 Å². The number of imidazole rings is 1. The Bertz CT molecular complexity index is 519. The maximum atomic E-state index is 5.25. The van der Waals surface area contributed by atoms with Gasteiger partial charge in [-0.2, -0.15) is 0 Å². The summed E-state index contributed by atoms with van der Waals surface area (Å²) in [5.74, 6) is 1.96. The Morgan fingerprint density at radius 1 is 1.33 bits per heavy atom. The third kappa shape index (κ3) is 2.48.